The fourth-order valence-electron chi connectivity index (χ4n) is 2.70. The van der Waals surface area contributed by atoms with Crippen LogP contribution in [0.2, 0.25) is 0 Å². The van der Waals surface area contributed by atoms with Crippen molar-refractivity contribution in [3.8, 4) is 0 Å². The summed E-state index contributed by atoms with van der Waals surface area (Å²) in [7, 11) is 0. The molecule has 1 aromatic carbocycles. The van der Waals surface area contributed by atoms with Gasteiger partial charge in [0.1, 0.15) is 0 Å². The van der Waals surface area contributed by atoms with Crippen molar-refractivity contribution in [2.75, 3.05) is 32.8 Å². The van der Waals surface area contributed by atoms with Crippen LogP contribution in [0.1, 0.15) is 36.1 Å². The molecule has 21 heavy (non-hydrogen) atoms. The van der Waals surface area contributed by atoms with Crippen LogP contribution in [0.4, 0.5) is 0 Å². The van der Waals surface area contributed by atoms with Gasteiger partial charge < -0.3 is 15.0 Å². The van der Waals surface area contributed by atoms with E-state index in [4.69, 9.17) is 4.74 Å². The first kappa shape index (κ1) is 16.0. The van der Waals surface area contributed by atoms with E-state index in [9.17, 15) is 4.79 Å². The Bertz CT molecular complexity index is 482. The summed E-state index contributed by atoms with van der Waals surface area (Å²) in [5.41, 5.74) is 3.88. The Balaban J connectivity index is 1.79. The molecule has 0 spiro atoms. The van der Waals surface area contributed by atoms with Crippen LogP contribution in [-0.2, 0) is 9.53 Å². The number of nitrogens with zero attached hydrogens (tertiary/aromatic N) is 1. The molecule has 1 aliphatic rings. The molecule has 4 nitrogen and oxygen atoms in total. The van der Waals surface area contributed by atoms with Crippen molar-refractivity contribution >= 4 is 5.91 Å². The molecule has 1 fully saturated rings. The Labute approximate surface area is 127 Å². The number of hydrogen-bond acceptors (Lipinski definition) is 3. The van der Waals surface area contributed by atoms with Crippen LogP contribution in [0, 0.1) is 13.8 Å². The van der Waals surface area contributed by atoms with E-state index in [2.05, 4.69) is 44.3 Å². The molecule has 1 atom stereocenters. The molecule has 1 aromatic rings. The molecule has 0 aromatic heterocycles. The fraction of sp³-hybridized carbons (Fsp3) is 0.588. The Morgan fingerprint density at radius 2 is 2.05 bits per heavy atom. The van der Waals surface area contributed by atoms with Crippen molar-refractivity contribution in [1.82, 2.24) is 10.2 Å². The van der Waals surface area contributed by atoms with Crippen LogP contribution < -0.4 is 5.32 Å². The number of rotatable bonds is 5. The molecule has 116 valence electrons. The van der Waals surface area contributed by atoms with Gasteiger partial charge in [0.25, 0.3) is 0 Å². The molecule has 1 saturated heterocycles. The summed E-state index contributed by atoms with van der Waals surface area (Å²) >= 11 is 0. The van der Waals surface area contributed by atoms with E-state index < -0.39 is 0 Å². The minimum atomic E-state index is 0.221. The van der Waals surface area contributed by atoms with Gasteiger partial charge in [0.15, 0.2) is 0 Å². The number of hydrogen-bond donors (Lipinski definition) is 1. The van der Waals surface area contributed by atoms with Crippen LogP contribution in [-0.4, -0.2) is 43.7 Å². The maximum absolute atomic E-state index is 12.1. The number of morpholine rings is 1. The molecule has 4 heteroatoms. The van der Waals surface area contributed by atoms with Crippen LogP contribution >= 0.6 is 0 Å². The molecule has 2 rings (SSSR count). The number of benzene rings is 1. The Kier molecular flexibility index (Phi) is 5.76. The highest BCUT2D eigenvalue weighted by molar-refractivity contribution is 5.76. The number of nitrogens with one attached hydrogen (secondary N) is 1. The molecule has 1 heterocycles. The molecule has 0 bridgehead atoms. The first-order chi connectivity index (χ1) is 10.1. The zero-order chi connectivity index (χ0) is 15.2. The van der Waals surface area contributed by atoms with Crippen molar-refractivity contribution < 1.29 is 9.53 Å². The van der Waals surface area contributed by atoms with E-state index in [1.165, 1.54) is 16.7 Å². The van der Waals surface area contributed by atoms with Gasteiger partial charge in [-0.3, -0.25) is 4.79 Å². The van der Waals surface area contributed by atoms with E-state index in [1.54, 1.807) is 0 Å². The highest BCUT2D eigenvalue weighted by atomic mass is 16.5. The normalized spacial score (nSPS) is 16.8. The van der Waals surface area contributed by atoms with E-state index in [0.29, 0.717) is 26.2 Å². The SMILES string of the molecule is Cc1ccc(C)c(C(C)NCCC(=O)N2CCOCC2)c1. The maximum atomic E-state index is 12.1. The Morgan fingerprint density at radius 3 is 2.76 bits per heavy atom. The average Bonchev–Trinajstić information content (AvgIpc) is 2.50. The number of aryl methyl sites for hydroxylation is 2. The smallest absolute Gasteiger partial charge is 0.224 e. The van der Waals surface area contributed by atoms with Crippen molar-refractivity contribution in [3.05, 3.63) is 34.9 Å². The van der Waals surface area contributed by atoms with Crippen LogP contribution in [0.25, 0.3) is 0 Å². The first-order valence-corrected chi connectivity index (χ1v) is 7.74. The third-order valence-electron chi connectivity index (χ3n) is 4.05. The van der Waals surface area contributed by atoms with E-state index in [1.807, 2.05) is 4.90 Å². The van der Waals surface area contributed by atoms with E-state index >= 15 is 0 Å². The second kappa shape index (κ2) is 7.57. The quantitative estimate of drug-likeness (QED) is 0.904. The first-order valence-electron chi connectivity index (χ1n) is 7.74. The van der Waals surface area contributed by atoms with Crippen molar-refractivity contribution in [3.63, 3.8) is 0 Å². The van der Waals surface area contributed by atoms with Gasteiger partial charge in [0, 0.05) is 32.1 Å². The Morgan fingerprint density at radius 1 is 1.33 bits per heavy atom. The lowest BCUT2D eigenvalue weighted by Gasteiger charge is -2.27. The van der Waals surface area contributed by atoms with Gasteiger partial charge in [-0.1, -0.05) is 23.8 Å². The van der Waals surface area contributed by atoms with Gasteiger partial charge >= 0.3 is 0 Å². The fourth-order valence-corrected chi connectivity index (χ4v) is 2.70. The molecule has 1 N–H and O–H groups in total. The highest BCUT2D eigenvalue weighted by Gasteiger charge is 2.16. The monoisotopic (exact) mass is 290 g/mol. The molecule has 0 radical (unpaired) electrons. The second-order valence-corrected chi connectivity index (χ2v) is 5.78. The van der Waals surface area contributed by atoms with Gasteiger partial charge in [-0.05, 0) is 31.9 Å². The van der Waals surface area contributed by atoms with Gasteiger partial charge in [-0.25, -0.2) is 0 Å². The standard InChI is InChI=1S/C17H26N2O2/c1-13-4-5-14(2)16(12-13)15(3)18-7-6-17(20)19-8-10-21-11-9-19/h4-5,12,15,18H,6-11H2,1-3H3. The third kappa shape index (κ3) is 4.55. The van der Waals surface area contributed by atoms with Gasteiger partial charge in [-0.15, -0.1) is 0 Å². The predicted octanol–water partition coefficient (Wildman–Crippen LogP) is 2.20. The second-order valence-electron chi connectivity index (χ2n) is 5.78. The summed E-state index contributed by atoms with van der Waals surface area (Å²) in [6, 6.07) is 6.77. The summed E-state index contributed by atoms with van der Waals surface area (Å²) < 4.78 is 5.27. The lowest BCUT2D eigenvalue weighted by Crippen LogP contribution is -2.41. The molecule has 0 saturated carbocycles. The molecule has 1 unspecified atom stereocenters. The summed E-state index contributed by atoms with van der Waals surface area (Å²) in [4.78, 5) is 14.0. The van der Waals surface area contributed by atoms with Gasteiger partial charge in [0.2, 0.25) is 5.91 Å². The third-order valence-corrected chi connectivity index (χ3v) is 4.05. The van der Waals surface area contributed by atoms with Gasteiger partial charge in [-0.2, -0.15) is 0 Å². The maximum Gasteiger partial charge on any atom is 0.224 e. The molecule has 1 amide bonds. The van der Waals surface area contributed by atoms with Gasteiger partial charge in [0.05, 0.1) is 13.2 Å². The topological polar surface area (TPSA) is 41.6 Å². The summed E-state index contributed by atoms with van der Waals surface area (Å²) in [5, 5.41) is 3.46. The molecule has 1 aliphatic heterocycles. The largest absolute Gasteiger partial charge is 0.378 e. The van der Waals surface area contributed by atoms with E-state index in [-0.39, 0.29) is 11.9 Å². The van der Waals surface area contributed by atoms with Crippen LogP contribution in [0.3, 0.4) is 0 Å². The Hall–Kier alpha value is -1.39. The molecule has 0 aliphatic carbocycles. The summed E-state index contributed by atoms with van der Waals surface area (Å²) in [6.07, 6.45) is 0.551. The van der Waals surface area contributed by atoms with Crippen molar-refractivity contribution in [2.45, 2.75) is 33.2 Å². The zero-order valence-electron chi connectivity index (χ0n) is 13.3. The minimum Gasteiger partial charge on any atom is -0.378 e. The molecular weight excluding hydrogens is 264 g/mol. The predicted molar refractivity (Wildman–Crippen MR) is 84.3 cm³/mol. The minimum absolute atomic E-state index is 0.221. The highest BCUT2D eigenvalue weighted by Crippen LogP contribution is 2.18. The van der Waals surface area contributed by atoms with Crippen LogP contribution in [0.5, 0.6) is 0 Å². The number of carbonyl (C=O) groups excluding carboxylic acids is 1. The average molecular weight is 290 g/mol. The molecular formula is C17H26N2O2. The zero-order valence-corrected chi connectivity index (χ0v) is 13.3. The number of amides is 1. The van der Waals surface area contributed by atoms with Crippen molar-refractivity contribution in [1.29, 1.82) is 0 Å². The van der Waals surface area contributed by atoms with E-state index in [0.717, 1.165) is 13.1 Å². The van der Waals surface area contributed by atoms with Crippen LogP contribution in [0.15, 0.2) is 18.2 Å². The number of ether oxygens (including phenoxy) is 1. The summed E-state index contributed by atoms with van der Waals surface area (Å²) in [6.45, 7) is 9.89. The number of carbonyl (C=O) groups is 1. The summed E-state index contributed by atoms with van der Waals surface area (Å²) in [5.74, 6) is 0.221. The van der Waals surface area contributed by atoms with Crippen molar-refractivity contribution in [2.24, 2.45) is 0 Å². The lowest BCUT2D eigenvalue weighted by molar-refractivity contribution is -0.135. The lowest BCUT2D eigenvalue weighted by atomic mass is 10.00.